The van der Waals surface area contributed by atoms with Gasteiger partial charge < -0.3 is 0 Å². The monoisotopic (exact) mass is 432 g/mol. The number of hydrogen-bond acceptors (Lipinski definition) is 2. The van der Waals surface area contributed by atoms with Crippen LogP contribution in [-0.4, -0.2) is 9.78 Å². The lowest BCUT2D eigenvalue weighted by Gasteiger charge is -2.37. The highest BCUT2D eigenvalue weighted by molar-refractivity contribution is 7.17. The number of allylic oxidation sites excluding steroid dienone is 1. The van der Waals surface area contributed by atoms with Crippen molar-refractivity contribution < 1.29 is 8.78 Å². The number of alkyl halides is 1. The van der Waals surface area contributed by atoms with Crippen molar-refractivity contribution in [2.75, 3.05) is 0 Å². The van der Waals surface area contributed by atoms with E-state index in [1.165, 1.54) is 17.7 Å². The molecule has 2 heterocycles. The molecule has 4 aromatic rings. The summed E-state index contributed by atoms with van der Waals surface area (Å²) in [5, 5.41) is 7.62. The van der Waals surface area contributed by atoms with Crippen molar-refractivity contribution in [2.24, 2.45) is 11.3 Å². The highest BCUT2D eigenvalue weighted by Crippen LogP contribution is 2.58. The SMILES string of the molecule is C[C@]12Cc3cnn(-c4ccc(F)cc4)c3C=C1CC[C@@H]2[C@@H](F)c1csc2ccccc12. The van der Waals surface area contributed by atoms with Gasteiger partial charge in [-0.25, -0.2) is 13.5 Å². The fourth-order valence-electron chi connectivity index (χ4n) is 5.56. The Balaban J connectivity index is 1.37. The van der Waals surface area contributed by atoms with E-state index in [9.17, 15) is 4.39 Å². The average molecular weight is 433 g/mol. The van der Waals surface area contributed by atoms with Gasteiger partial charge in [0.1, 0.15) is 12.0 Å². The number of thiophene rings is 1. The number of aromatic nitrogens is 2. The second kappa shape index (κ2) is 6.86. The van der Waals surface area contributed by atoms with Gasteiger partial charge in [-0.1, -0.05) is 30.7 Å². The molecule has 6 rings (SSSR count). The van der Waals surface area contributed by atoms with Gasteiger partial charge in [-0.3, -0.25) is 0 Å². The molecule has 2 nitrogen and oxygen atoms in total. The smallest absolute Gasteiger partial charge is 0.130 e. The summed E-state index contributed by atoms with van der Waals surface area (Å²) >= 11 is 1.63. The lowest BCUT2D eigenvalue weighted by molar-refractivity contribution is 0.137. The molecule has 2 aromatic carbocycles. The lowest BCUT2D eigenvalue weighted by atomic mass is 9.67. The fraction of sp³-hybridized carbons (Fsp3) is 0.269. The molecule has 31 heavy (non-hydrogen) atoms. The summed E-state index contributed by atoms with van der Waals surface area (Å²) in [6.45, 7) is 2.22. The van der Waals surface area contributed by atoms with E-state index >= 15 is 4.39 Å². The van der Waals surface area contributed by atoms with Gasteiger partial charge in [-0.15, -0.1) is 11.3 Å². The molecule has 2 aromatic heterocycles. The Kier molecular flexibility index (Phi) is 4.19. The molecule has 0 amide bonds. The lowest BCUT2D eigenvalue weighted by Crippen LogP contribution is -2.31. The first-order valence-corrected chi connectivity index (χ1v) is 11.6. The van der Waals surface area contributed by atoms with E-state index < -0.39 is 6.17 Å². The highest BCUT2D eigenvalue weighted by atomic mass is 32.1. The molecule has 156 valence electrons. The second-order valence-electron chi connectivity index (χ2n) is 8.94. The maximum Gasteiger partial charge on any atom is 0.130 e. The molecular weight excluding hydrogens is 410 g/mol. The van der Waals surface area contributed by atoms with Crippen LogP contribution in [0.3, 0.4) is 0 Å². The normalized spacial score (nSPS) is 23.5. The largest absolute Gasteiger partial charge is 0.242 e. The van der Waals surface area contributed by atoms with E-state index in [4.69, 9.17) is 0 Å². The number of nitrogens with zero attached hydrogens (tertiary/aromatic N) is 2. The van der Waals surface area contributed by atoms with Crippen LogP contribution in [0.5, 0.6) is 0 Å². The zero-order valence-corrected chi connectivity index (χ0v) is 18.0. The zero-order chi connectivity index (χ0) is 21.2. The molecule has 2 aliphatic carbocycles. The van der Waals surface area contributed by atoms with Crippen molar-refractivity contribution in [3.8, 4) is 5.69 Å². The molecule has 0 spiro atoms. The molecule has 0 aliphatic heterocycles. The molecule has 3 atom stereocenters. The Labute approximate surface area is 183 Å². The zero-order valence-electron chi connectivity index (χ0n) is 17.2. The van der Waals surface area contributed by atoms with Crippen molar-refractivity contribution in [3.63, 3.8) is 0 Å². The molecule has 0 N–H and O–H groups in total. The molecule has 5 heteroatoms. The minimum atomic E-state index is -0.985. The molecule has 0 saturated heterocycles. The quantitative estimate of drug-likeness (QED) is 0.332. The number of rotatable bonds is 3. The summed E-state index contributed by atoms with van der Waals surface area (Å²) in [4.78, 5) is 0. The molecule has 1 fully saturated rings. The van der Waals surface area contributed by atoms with E-state index in [1.54, 1.807) is 23.5 Å². The van der Waals surface area contributed by atoms with Crippen LogP contribution in [0.2, 0.25) is 0 Å². The van der Waals surface area contributed by atoms with Crippen molar-refractivity contribution in [2.45, 2.75) is 32.4 Å². The van der Waals surface area contributed by atoms with E-state index in [1.807, 2.05) is 34.5 Å². The van der Waals surface area contributed by atoms with E-state index in [0.717, 1.165) is 51.9 Å². The third kappa shape index (κ3) is 2.83. The third-order valence-corrected chi connectivity index (χ3v) is 8.25. The predicted molar refractivity (Wildman–Crippen MR) is 122 cm³/mol. The standard InChI is InChI=1S/C26H22F2N2S/c1-26-13-16-14-29-30(19-9-7-18(27)8-10-19)23(16)12-17(26)6-11-22(26)25(28)21-15-31-24-5-3-2-4-20(21)24/h2-5,7-10,12,14-15,22,25H,6,11,13H2,1H3/t22-,25+,26+/m1/s1. The van der Waals surface area contributed by atoms with Gasteiger partial charge in [-0.05, 0) is 77.4 Å². The van der Waals surface area contributed by atoms with Crippen LogP contribution < -0.4 is 0 Å². The third-order valence-electron chi connectivity index (χ3n) is 7.26. The van der Waals surface area contributed by atoms with Crippen molar-refractivity contribution in [1.82, 2.24) is 9.78 Å². The predicted octanol–water partition coefficient (Wildman–Crippen LogP) is 7.29. The first-order valence-electron chi connectivity index (χ1n) is 10.7. The number of hydrogen-bond donors (Lipinski definition) is 0. The van der Waals surface area contributed by atoms with E-state index in [0.29, 0.717) is 0 Å². The van der Waals surface area contributed by atoms with Crippen LogP contribution in [0.1, 0.15) is 42.8 Å². The van der Waals surface area contributed by atoms with Crippen LogP contribution in [0.15, 0.2) is 65.7 Å². The maximum absolute atomic E-state index is 16.0. The molecule has 1 saturated carbocycles. The van der Waals surface area contributed by atoms with Crippen molar-refractivity contribution >= 4 is 27.5 Å². The first kappa shape index (κ1) is 18.9. The van der Waals surface area contributed by atoms with Crippen LogP contribution in [0.25, 0.3) is 21.8 Å². The Morgan fingerprint density at radius 3 is 2.81 bits per heavy atom. The summed E-state index contributed by atoms with van der Waals surface area (Å²) in [5.41, 5.74) is 4.93. The van der Waals surface area contributed by atoms with Gasteiger partial charge in [0.2, 0.25) is 0 Å². The van der Waals surface area contributed by atoms with Crippen molar-refractivity contribution in [1.29, 1.82) is 0 Å². The number of halogens is 2. The van der Waals surface area contributed by atoms with E-state index in [2.05, 4.69) is 24.2 Å². The van der Waals surface area contributed by atoms with Gasteiger partial charge in [0, 0.05) is 16.2 Å². The van der Waals surface area contributed by atoms with Gasteiger partial charge in [0.05, 0.1) is 17.6 Å². The average Bonchev–Trinajstić information content (AvgIpc) is 3.46. The summed E-state index contributed by atoms with van der Waals surface area (Å²) in [6, 6.07) is 14.5. The molecular formula is C26H22F2N2S. The second-order valence-corrected chi connectivity index (χ2v) is 9.85. The number of benzene rings is 2. The van der Waals surface area contributed by atoms with Gasteiger partial charge in [0.25, 0.3) is 0 Å². The van der Waals surface area contributed by atoms with Gasteiger partial charge >= 0.3 is 0 Å². The minimum Gasteiger partial charge on any atom is -0.242 e. The first-order chi connectivity index (χ1) is 15.0. The fourth-order valence-corrected chi connectivity index (χ4v) is 6.54. The molecule has 0 unspecified atom stereocenters. The molecule has 2 aliphatic rings. The Bertz CT molecular complexity index is 1320. The summed E-state index contributed by atoms with van der Waals surface area (Å²) < 4.78 is 32.4. The minimum absolute atomic E-state index is 0.0564. The van der Waals surface area contributed by atoms with Crippen LogP contribution >= 0.6 is 11.3 Å². The highest BCUT2D eigenvalue weighted by Gasteiger charge is 2.49. The molecule has 0 radical (unpaired) electrons. The van der Waals surface area contributed by atoms with Crippen LogP contribution in [-0.2, 0) is 6.42 Å². The topological polar surface area (TPSA) is 17.8 Å². The maximum atomic E-state index is 16.0. The summed E-state index contributed by atoms with van der Waals surface area (Å²) in [6.07, 6.45) is 5.64. The Morgan fingerprint density at radius 2 is 1.97 bits per heavy atom. The Hall–Kier alpha value is -2.79. The number of fused-ring (bicyclic) bond motifs is 3. The molecule has 0 bridgehead atoms. The van der Waals surface area contributed by atoms with Gasteiger partial charge in [-0.2, -0.15) is 5.10 Å². The van der Waals surface area contributed by atoms with E-state index in [-0.39, 0.29) is 17.2 Å². The Morgan fingerprint density at radius 1 is 1.16 bits per heavy atom. The van der Waals surface area contributed by atoms with Gasteiger partial charge in [0.15, 0.2) is 0 Å². The van der Waals surface area contributed by atoms with Crippen molar-refractivity contribution in [3.05, 3.63) is 88.3 Å². The van der Waals surface area contributed by atoms with Crippen LogP contribution in [0, 0.1) is 17.2 Å². The summed E-state index contributed by atoms with van der Waals surface area (Å²) in [7, 11) is 0. The van der Waals surface area contributed by atoms with Crippen LogP contribution in [0.4, 0.5) is 8.78 Å². The summed E-state index contributed by atoms with van der Waals surface area (Å²) in [5.74, 6) is -0.316.